The van der Waals surface area contributed by atoms with Gasteiger partial charge in [-0.3, -0.25) is 4.79 Å². The summed E-state index contributed by atoms with van der Waals surface area (Å²) in [6.45, 7) is 0.825. The Kier molecular flexibility index (Phi) is 4.08. The van der Waals surface area contributed by atoms with E-state index in [0.29, 0.717) is 12.1 Å². The molecule has 0 aliphatic heterocycles. The molecule has 2 heterocycles. The van der Waals surface area contributed by atoms with E-state index in [4.69, 9.17) is 4.98 Å². The molecule has 6 heteroatoms. The summed E-state index contributed by atoms with van der Waals surface area (Å²) in [7, 11) is 0. The third-order valence-corrected chi connectivity index (χ3v) is 7.42. The van der Waals surface area contributed by atoms with Gasteiger partial charge in [-0.2, -0.15) is 0 Å². The first-order valence-corrected chi connectivity index (χ1v) is 11.5. The Labute approximate surface area is 174 Å². The van der Waals surface area contributed by atoms with E-state index in [1.54, 1.807) is 6.33 Å². The van der Waals surface area contributed by atoms with E-state index in [1.807, 2.05) is 23.5 Å². The van der Waals surface area contributed by atoms with Gasteiger partial charge in [0.15, 0.2) is 0 Å². The lowest BCUT2D eigenvalue weighted by Gasteiger charge is -2.24. The van der Waals surface area contributed by atoms with Crippen LogP contribution in [0.5, 0.6) is 0 Å². The summed E-state index contributed by atoms with van der Waals surface area (Å²) in [4.78, 5) is 26.7. The fourth-order valence-electron chi connectivity index (χ4n) is 4.35. The van der Waals surface area contributed by atoms with Crippen LogP contribution in [0.25, 0.3) is 10.2 Å². The lowest BCUT2D eigenvalue weighted by molar-refractivity contribution is 0.0951. The monoisotopic (exact) mass is 404 g/mol. The van der Waals surface area contributed by atoms with Crippen molar-refractivity contribution in [3.8, 4) is 0 Å². The Bertz CT molecular complexity index is 1080. The number of nitrogens with zero attached hydrogens (tertiary/aromatic N) is 3. The average molecular weight is 405 g/mol. The number of hydrogen-bond acceptors (Lipinski definition) is 5. The second-order valence-electron chi connectivity index (χ2n) is 8.54. The summed E-state index contributed by atoms with van der Waals surface area (Å²) in [6, 6.07) is 9.04. The van der Waals surface area contributed by atoms with Crippen molar-refractivity contribution >= 4 is 33.3 Å². The fraction of sp³-hybridized carbons (Fsp3) is 0.435. The molecule has 0 saturated heterocycles. The first kappa shape index (κ1) is 17.4. The standard InChI is InChI=1S/C23H24N4OS/c28-22(26-16-8-9-16)15-6-4-14(5-7-15)12-27(17-10-11-17)21-20-18-2-1-3-19(18)29-23(20)25-13-24-21/h4-7,13,16-17H,1-3,8-12H2,(H,26,28). The van der Waals surface area contributed by atoms with Gasteiger partial charge in [0.05, 0.1) is 5.39 Å². The van der Waals surface area contributed by atoms with Crippen molar-refractivity contribution in [2.24, 2.45) is 0 Å². The number of hydrogen-bond donors (Lipinski definition) is 1. The quantitative estimate of drug-likeness (QED) is 0.668. The van der Waals surface area contributed by atoms with Crippen LogP contribution in [0.1, 0.15) is 58.5 Å². The summed E-state index contributed by atoms with van der Waals surface area (Å²) in [5, 5.41) is 4.35. The summed E-state index contributed by atoms with van der Waals surface area (Å²) >= 11 is 1.85. The number of fused-ring (bicyclic) bond motifs is 3. The van der Waals surface area contributed by atoms with E-state index in [1.165, 1.54) is 47.1 Å². The average Bonchev–Trinajstić information content (AvgIpc) is 3.65. The maximum Gasteiger partial charge on any atom is 0.251 e. The molecule has 6 rings (SSSR count). The fourth-order valence-corrected chi connectivity index (χ4v) is 5.57. The van der Waals surface area contributed by atoms with Gasteiger partial charge < -0.3 is 10.2 Å². The van der Waals surface area contributed by atoms with E-state index in [0.717, 1.165) is 42.0 Å². The van der Waals surface area contributed by atoms with Crippen molar-refractivity contribution in [3.05, 3.63) is 52.2 Å². The molecular formula is C23H24N4OS. The van der Waals surface area contributed by atoms with Gasteiger partial charge in [0.25, 0.3) is 5.91 Å². The lowest BCUT2D eigenvalue weighted by atomic mass is 10.1. The van der Waals surface area contributed by atoms with E-state index < -0.39 is 0 Å². The van der Waals surface area contributed by atoms with Crippen LogP contribution in [0.4, 0.5) is 5.82 Å². The highest BCUT2D eigenvalue weighted by atomic mass is 32.1. The van der Waals surface area contributed by atoms with Gasteiger partial charge in [-0.05, 0) is 68.2 Å². The van der Waals surface area contributed by atoms with Gasteiger partial charge in [0.2, 0.25) is 0 Å². The maximum absolute atomic E-state index is 12.3. The lowest BCUT2D eigenvalue weighted by Crippen LogP contribution is -2.27. The van der Waals surface area contributed by atoms with Crippen molar-refractivity contribution in [3.63, 3.8) is 0 Å². The van der Waals surface area contributed by atoms with Crippen molar-refractivity contribution in [2.75, 3.05) is 4.90 Å². The van der Waals surface area contributed by atoms with Gasteiger partial charge in [-0.15, -0.1) is 11.3 Å². The molecule has 148 valence electrons. The van der Waals surface area contributed by atoms with Gasteiger partial charge in [-0.25, -0.2) is 9.97 Å². The number of thiophene rings is 1. The third-order valence-electron chi connectivity index (χ3n) is 6.22. The van der Waals surface area contributed by atoms with Gasteiger partial charge in [0, 0.05) is 29.1 Å². The van der Waals surface area contributed by atoms with Crippen LogP contribution >= 0.6 is 11.3 Å². The molecule has 5 nitrogen and oxygen atoms in total. The molecular weight excluding hydrogens is 380 g/mol. The molecule has 0 atom stereocenters. The molecule has 0 spiro atoms. The van der Waals surface area contributed by atoms with E-state index in [-0.39, 0.29) is 5.91 Å². The first-order valence-electron chi connectivity index (χ1n) is 10.7. The number of aryl methyl sites for hydroxylation is 2. The molecule has 0 radical (unpaired) electrons. The van der Waals surface area contributed by atoms with Gasteiger partial charge in [-0.1, -0.05) is 12.1 Å². The SMILES string of the molecule is O=C(NC1CC1)c1ccc(CN(c2ncnc3sc4c(c23)CCC4)C2CC2)cc1. The Hall–Kier alpha value is -2.47. The van der Waals surface area contributed by atoms with Crippen LogP contribution in [-0.2, 0) is 19.4 Å². The van der Waals surface area contributed by atoms with Crippen molar-refractivity contribution in [1.82, 2.24) is 15.3 Å². The highest BCUT2D eigenvalue weighted by Crippen LogP contribution is 2.43. The smallest absolute Gasteiger partial charge is 0.251 e. The predicted octanol–water partition coefficient (Wildman–Crippen LogP) is 4.24. The van der Waals surface area contributed by atoms with E-state index in [2.05, 4.69) is 27.3 Å². The summed E-state index contributed by atoms with van der Waals surface area (Å²) < 4.78 is 0. The second-order valence-corrected chi connectivity index (χ2v) is 9.62. The molecule has 1 N–H and O–H groups in total. The molecule has 2 saturated carbocycles. The van der Waals surface area contributed by atoms with E-state index in [9.17, 15) is 4.79 Å². The molecule has 0 bridgehead atoms. The number of carbonyl (C=O) groups is 1. The zero-order valence-electron chi connectivity index (χ0n) is 16.4. The predicted molar refractivity (Wildman–Crippen MR) is 116 cm³/mol. The minimum absolute atomic E-state index is 0.0458. The van der Waals surface area contributed by atoms with Crippen molar-refractivity contribution in [2.45, 2.75) is 63.6 Å². The van der Waals surface area contributed by atoms with Crippen LogP contribution in [0.15, 0.2) is 30.6 Å². The number of nitrogens with one attached hydrogen (secondary N) is 1. The van der Waals surface area contributed by atoms with Crippen molar-refractivity contribution < 1.29 is 4.79 Å². The minimum atomic E-state index is 0.0458. The number of benzene rings is 1. The van der Waals surface area contributed by atoms with Crippen LogP contribution < -0.4 is 10.2 Å². The highest BCUT2D eigenvalue weighted by molar-refractivity contribution is 7.19. The molecule has 1 aromatic carbocycles. The number of aromatic nitrogens is 2. The number of amides is 1. The zero-order chi connectivity index (χ0) is 19.4. The van der Waals surface area contributed by atoms with E-state index >= 15 is 0 Å². The van der Waals surface area contributed by atoms with Gasteiger partial charge >= 0.3 is 0 Å². The topological polar surface area (TPSA) is 58.1 Å². The van der Waals surface area contributed by atoms with Crippen LogP contribution in [0.3, 0.4) is 0 Å². The Morgan fingerprint density at radius 3 is 2.69 bits per heavy atom. The Morgan fingerprint density at radius 1 is 1.10 bits per heavy atom. The Balaban J connectivity index is 1.29. The second kappa shape index (κ2) is 6.80. The molecule has 2 aromatic heterocycles. The first-order chi connectivity index (χ1) is 14.3. The maximum atomic E-state index is 12.3. The molecule has 29 heavy (non-hydrogen) atoms. The normalized spacial score (nSPS) is 18.1. The largest absolute Gasteiger partial charge is 0.349 e. The summed E-state index contributed by atoms with van der Waals surface area (Å²) in [5.74, 6) is 1.15. The van der Waals surface area contributed by atoms with Crippen LogP contribution in [-0.4, -0.2) is 28.0 Å². The third kappa shape index (κ3) is 3.29. The summed E-state index contributed by atoms with van der Waals surface area (Å²) in [6.07, 6.45) is 9.98. The van der Waals surface area contributed by atoms with Crippen LogP contribution in [0, 0.1) is 0 Å². The summed E-state index contributed by atoms with van der Waals surface area (Å²) in [5.41, 5.74) is 3.45. The molecule has 3 aromatic rings. The van der Waals surface area contributed by atoms with Gasteiger partial charge in [0.1, 0.15) is 17.0 Å². The zero-order valence-corrected chi connectivity index (χ0v) is 17.2. The molecule has 3 aliphatic carbocycles. The highest BCUT2D eigenvalue weighted by Gasteiger charge is 2.33. The molecule has 0 unspecified atom stereocenters. The number of rotatable bonds is 6. The molecule has 1 amide bonds. The minimum Gasteiger partial charge on any atom is -0.349 e. The van der Waals surface area contributed by atoms with Crippen LogP contribution in [0.2, 0.25) is 0 Å². The Morgan fingerprint density at radius 2 is 1.93 bits per heavy atom. The number of carbonyl (C=O) groups excluding carboxylic acids is 1. The molecule has 2 fully saturated rings. The molecule has 3 aliphatic rings. The number of anilines is 1. The van der Waals surface area contributed by atoms with Crippen molar-refractivity contribution in [1.29, 1.82) is 0 Å².